The van der Waals surface area contributed by atoms with E-state index >= 15 is 0 Å². The Balaban J connectivity index is 4.02. The van der Waals surface area contributed by atoms with Crippen LogP contribution in [0.15, 0.2) is 0 Å². The average Bonchev–Trinajstić information content (AvgIpc) is 1.25. The summed E-state index contributed by atoms with van der Waals surface area (Å²) in [6, 6.07) is 0. The van der Waals surface area contributed by atoms with Gasteiger partial charge in [0.15, 0.2) is 0 Å². The Morgan fingerprint density at radius 2 is 1.25 bits per heavy atom. The SMILES string of the molecule is CC(C)(C)[Si](C)(C)F. The highest BCUT2D eigenvalue weighted by Gasteiger charge is 2.35. The summed E-state index contributed by atoms with van der Waals surface area (Å²) < 4.78 is 13.0. The molecule has 0 spiro atoms. The molecule has 0 nitrogen and oxygen atoms in total. The molecule has 0 radical (unpaired) electrons. The molecule has 0 amide bonds. The van der Waals surface area contributed by atoms with E-state index in [9.17, 15) is 4.11 Å². The molecule has 0 aromatic heterocycles. The summed E-state index contributed by atoms with van der Waals surface area (Å²) in [7, 11) is -2.36. The van der Waals surface area contributed by atoms with Gasteiger partial charge in [-0.2, -0.15) is 0 Å². The minimum atomic E-state index is -2.36. The van der Waals surface area contributed by atoms with E-state index in [1.165, 1.54) is 0 Å². The smallest absolute Gasteiger partial charge is 0.246 e. The second-order valence-corrected chi connectivity index (χ2v) is 8.17. The van der Waals surface area contributed by atoms with Crippen molar-refractivity contribution >= 4 is 8.41 Å². The van der Waals surface area contributed by atoms with Gasteiger partial charge in [0.2, 0.25) is 8.41 Å². The van der Waals surface area contributed by atoms with E-state index in [4.69, 9.17) is 0 Å². The second-order valence-electron chi connectivity index (χ2n) is 3.72. The molecule has 0 unspecified atom stereocenters. The van der Waals surface area contributed by atoms with Crippen molar-refractivity contribution in [2.24, 2.45) is 0 Å². The third kappa shape index (κ3) is 1.95. The van der Waals surface area contributed by atoms with Crippen molar-refractivity contribution in [3.05, 3.63) is 0 Å². The summed E-state index contributed by atoms with van der Waals surface area (Å²) in [5, 5.41) is -0.0903. The highest BCUT2D eigenvalue weighted by atomic mass is 28.4. The van der Waals surface area contributed by atoms with Crippen LogP contribution in [-0.2, 0) is 0 Å². The van der Waals surface area contributed by atoms with Crippen LogP contribution >= 0.6 is 0 Å². The molecule has 0 aromatic rings. The molecule has 0 aliphatic rings. The fourth-order valence-corrected chi connectivity index (χ4v) is 0. The quantitative estimate of drug-likeness (QED) is 0.353. The number of hydrogen-bond acceptors (Lipinski definition) is 0. The zero-order valence-corrected chi connectivity index (χ0v) is 7.38. The molecule has 0 bridgehead atoms. The van der Waals surface area contributed by atoms with Gasteiger partial charge >= 0.3 is 0 Å². The van der Waals surface area contributed by atoms with Gasteiger partial charge in [-0.25, -0.2) is 0 Å². The summed E-state index contributed by atoms with van der Waals surface area (Å²) in [5.41, 5.74) is 0. The third-order valence-corrected chi connectivity index (χ3v) is 5.35. The normalized spacial score (nSPS) is 14.2. The Kier molecular flexibility index (Phi) is 1.86. The first-order chi connectivity index (χ1) is 3.25. The molecular formula is C6H15FSi. The van der Waals surface area contributed by atoms with Gasteiger partial charge in [-0.05, 0) is 18.1 Å². The molecule has 8 heavy (non-hydrogen) atoms. The van der Waals surface area contributed by atoms with Crippen molar-refractivity contribution in [3.8, 4) is 0 Å². The lowest BCUT2D eigenvalue weighted by Crippen LogP contribution is -2.31. The van der Waals surface area contributed by atoms with Gasteiger partial charge in [-0.1, -0.05) is 20.8 Å². The molecule has 0 N–H and O–H groups in total. The maximum absolute atomic E-state index is 13.0. The van der Waals surface area contributed by atoms with Gasteiger partial charge in [-0.15, -0.1) is 0 Å². The number of halogens is 1. The van der Waals surface area contributed by atoms with E-state index in [1.54, 1.807) is 13.1 Å². The first-order valence-electron chi connectivity index (χ1n) is 2.94. The maximum atomic E-state index is 13.0. The topological polar surface area (TPSA) is 0 Å². The molecule has 50 valence electrons. The summed E-state index contributed by atoms with van der Waals surface area (Å²) in [5.74, 6) is 0. The lowest BCUT2D eigenvalue weighted by atomic mass is 10.2. The van der Waals surface area contributed by atoms with Crippen LogP contribution in [0.3, 0.4) is 0 Å². The maximum Gasteiger partial charge on any atom is 0.246 e. The van der Waals surface area contributed by atoms with Crippen LogP contribution in [0.4, 0.5) is 4.11 Å². The van der Waals surface area contributed by atoms with Crippen LogP contribution in [0.1, 0.15) is 20.8 Å². The minimum absolute atomic E-state index is 0.0903. The van der Waals surface area contributed by atoms with E-state index in [1.807, 2.05) is 20.8 Å². The van der Waals surface area contributed by atoms with Crippen molar-refractivity contribution in [2.75, 3.05) is 0 Å². The zero-order valence-electron chi connectivity index (χ0n) is 6.38. The number of rotatable bonds is 0. The summed E-state index contributed by atoms with van der Waals surface area (Å²) in [6.07, 6.45) is 0. The van der Waals surface area contributed by atoms with Gasteiger partial charge in [0.05, 0.1) is 0 Å². The molecule has 0 saturated carbocycles. The van der Waals surface area contributed by atoms with Gasteiger partial charge in [0.25, 0.3) is 0 Å². The third-order valence-electron chi connectivity index (χ3n) is 1.78. The van der Waals surface area contributed by atoms with E-state index in [0.717, 1.165) is 0 Å². The Bertz CT molecular complexity index is 63.5. The van der Waals surface area contributed by atoms with Crippen LogP contribution in [0.2, 0.25) is 18.1 Å². The lowest BCUT2D eigenvalue weighted by molar-refractivity contribution is 0.623. The Morgan fingerprint density at radius 1 is 1.12 bits per heavy atom. The van der Waals surface area contributed by atoms with Crippen LogP contribution in [0, 0.1) is 0 Å². The fourth-order valence-electron chi connectivity index (χ4n) is 0. The average molecular weight is 134 g/mol. The first-order valence-corrected chi connectivity index (χ1v) is 5.82. The first kappa shape index (κ1) is 8.15. The molecule has 2 heteroatoms. The van der Waals surface area contributed by atoms with Crippen molar-refractivity contribution < 1.29 is 4.11 Å². The lowest BCUT2D eigenvalue weighted by Gasteiger charge is -2.27. The summed E-state index contributed by atoms with van der Waals surface area (Å²) in [4.78, 5) is 0. The van der Waals surface area contributed by atoms with Crippen LogP contribution in [0.25, 0.3) is 0 Å². The summed E-state index contributed by atoms with van der Waals surface area (Å²) in [6.45, 7) is 9.36. The van der Waals surface area contributed by atoms with E-state index in [2.05, 4.69) is 0 Å². The van der Waals surface area contributed by atoms with E-state index < -0.39 is 8.41 Å². The minimum Gasteiger partial charge on any atom is -0.314 e. The summed E-state index contributed by atoms with van der Waals surface area (Å²) >= 11 is 0. The molecule has 0 rings (SSSR count). The zero-order chi connectivity index (χ0) is 7.00. The van der Waals surface area contributed by atoms with Crippen molar-refractivity contribution in [2.45, 2.75) is 38.9 Å². The molecule has 0 heterocycles. The molecule has 0 aliphatic carbocycles. The largest absolute Gasteiger partial charge is 0.314 e. The fraction of sp³-hybridized carbons (Fsp3) is 1.00. The second kappa shape index (κ2) is 1.83. The van der Waals surface area contributed by atoms with Crippen molar-refractivity contribution in [1.82, 2.24) is 0 Å². The van der Waals surface area contributed by atoms with Crippen LogP contribution < -0.4 is 0 Å². The Labute approximate surface area is 52.3 Å². The predicted octanol–water partition coefficient (Wildman–Crippen LogP) is 2.96. The molecule has 0 aliphatic heterocycles. The molecule has 0 atom stereocenters. The molecule has 0 fully saturated rings. The molecule has 0 saturated heterocycles. The van der Waals surface area contributed by atoms with E-state index in [-0.39, 0.29) is 5.04 Å². The van der Waals surface area contributed by atoms with Gasteiger partial charge in [0, 0.05) is 0 Å². The number of hydrogen-bond donors (Lipinski definition) is 0. The van der Waals surface area contributed by atoms with Crippen LogP contribution in [0.5, 0.6) is 0 Å². The Hall–Kier alpha value is 0.147. The van der Waals surface area contributed by atoms with Gasteiger partial charge in [-0.3, -0.25) is 0 Å². The van der Waals surface area contributed by atoms with E-state index in [0.29, 0.717) is 0 Å². The van der Waals surface area contributed by atoms with Gasteiger partial charge < -0.3 is 4.11 Å². The Morgan fingerprint density at radius 3 is 1.25 bits per heavy atom. The standard InChI is InChI=1S/C6H15FSi/c1-6(2,3)8(4,5)7/h1-5H3. The highest BCUT2D eigenvalue weighted by molar-refractivity contribution is 6.73. The monoisotopic (exact) mass is 134 g/mol. The molecule has 0 aromatic carbocycles. The predicted molar refractivity (Wildman–Crippen MR) is 38.3 cm³/mol. The highest BCUT2D eigenvalue weighted by Crippen LogP contribution is 2.36. The van der Waals surface area contributed by atoms with Crippen molar-refractivity contribution in [3.63, 3.8) is 0 Å². The van der Waals surface area contributed by atoms with Crippen LogP contribution in [-0.4, -0.2) is 8.41 Å². The van der Waals surface area contributed by atoms with Gasteiger partial charge in [0.1, 0.15) is 0 Å². The van der Waals surface area contributed by atoms with Crippen molar-refractivity contribution in [1.29, 1.82) is 0 Å². The molecular weight excluding hydrogens is 119 g/mol.